The molecule has 1 fully saturated rings. The van der Waals surface area contributed by atoms with Crippen molar-refractivity contribution >= 4 is 28.3 Å². The number of rotatable bonds is 3. The molecule has 0 aliphatic carbocycles. The largest absolute Gasteiger partial charge is 0.352 e. The molecule has 1 amide bonds. The molecule has 3 rings (SSSR count). The van der Waals surface area contributed by atoms with Gasteiger partial charge in [-0.3, -0.25) is 4.79 Å². The topological polar surface area (TPSA) is 78.5 Å². The monoisotopic (exact) mass is 359 g/mol. The summed E-state index contributed by atoms with van der Waals surface area (Å²) < 4.78 is 27.1. The van der Waals surface area contributed by atoms with Crippen LogP contribution in [0.25, 0.3) is 0 Å². The quantitative estimate of drug-likeness (QED) is 0.835. The van der Waals surface area contributed by atoms with Crippen LogP contribution >= 0.6 is 12.4 Å². The zero-order chi connectivity index (χ0) is 15.7. The minimum Gasteiger partial charge on any atom is -0.352 e. The summed E-state index contributed by atoms with van der Waals surface area (Å²) in [7, 11) is -1.94. The number of carbonyl (C=O) groups excluding carboxylic acids is 1. The van der Waals surface area contributed by atoms with Crippen molar-refractivity contribution in [3.05, 3.63) is 29.3 Å². The highest BCUT2D eigenvalue weighted by Crippen LogP contribution is 2.24. The van der Waals surface area contributed by atoms with Crippen molar-refractivity contribution in [3.8, 4) is 0 Å². The Morgan fingerprint density at radius 2 is 1.87 bits per heavy atom. The van der Waals surface area contributed by atoms with E-state index in [1.54, 1.807) is 19.2 Å². The Morgan fingerprint density at radius 3 is 2.57 bits per heavy atom. The molecule has 0 spiro atoms. The van der Waals surface area contributed by atoms with E-state index < -0.39 is 10.0 Å². The van der Waals surface area contributed by atoms with E-state index in [9.17, 15) is 13.2 Å². The second kappa shape index (κ2) is 7.17. The first-order chi connectivity index (χ1) is 10.5. The number of halogens is 1. The van der Waals surface area contributed by atoms with Crippen molar-refractivity contribution in [1.29, 1.82) is 0 Å². The van der Waals surface area contributed by atoms with Crippen LogP contribution in [0.15, 0.2) is 23.1 Å². The average molecular weight is 360 g/mol. The van der Waals surface area contributed by atoms with Crippen LogP contribution in [0, 0.1) is 0 Å². The molecule has 1 saturated heterocycles. The number of nitrogens with zero attached hydrogens (tertiary/aromatic N) is 1. The molecule has 0 saturated carbocycles. The third kappa shape index (κ3) is 3.52. The van der Waals surface area contributed by atoms with Crippen LogP contribution < -0.4 is 10.6 Å². The lowest BCUT2D eigenvalue weighted by Gasteiger charge is -2.31. The summed E-state index contributed by atoms with van der Waals surface area (Å²) in [4.78, 5) is 12.1. The highest BCUT2D eigenvalue weighted by atomic mass is 35.5. The molecule has 6 nitrogen and oxygen atoms in total. The van der Waals surface area contributed by atoms with Gasteiger partial charge in [0.15, 0.2) is 0 Å². The van der Waals surface area contributed by atoms with E-state index in [2.05, 4.69) is 10.6 Å². The number of hydrogen-bond donors (Lipinski definition) is 2. The predicted octanol–water partition coefficient (Wildman–Crippen LogP) is 0.767. The second-order valence-corrected chi connectivity index (χ2v) is 7.82. The Kier molecular flexibility index (Phi) is 5.67. The highest BCUT2D eigenvalue weighted by Gasteiger charge is 2.30. The fourth-order valence-electron chi connectivity index (χ4n) is 3.08. The van der Waals surface area contributed by atoms with Crippen LogP contribution in [-0.4, -0.2) is 51.4 Å². The van der Waals surface area contributed by atoms with Gasteiger partial charge in [-0.15, -0.1) is 12.4 Å². The lowest BCUT2D eigenvalue weighted by molar-refractivity contribution is 0.0945. The SMILES string of the molecule is CN(C1CCNCC1)S(=O)(=O)c1ccc2c(c1)C(=O)NCC2.Cl. The number of piperidine rings is 1. The fraction of sp³-hybridized carbons (Fsp3) is 0.533. The number of amides is 1. The van der Waals surface area contributed by atoms with Crippen LogP contribution in [0.4, 0.5) is 0 Å². The molecule has 2 heterocycles. The van der Waals surface area contributed by atoms with E-state index in [0.717, 1.165) is 37.9 Å². The van der Waals surface area contributed by atoms with Gasteiger partial charge in [0.2, 0.25) is 10.0 Å². The number of carbonyl (C=O) groups is 1. The van der Waals surface area contributed by atoms with Crippen molar-refractivity contribution < 1.29 is 13.2 Å². The summed E-state index contributed by atoms with van der Waals surface area (Å²) in [5.41, 5.74) is 1.39. The van der Waals surface area contributed by atoms with Gasteiger partial charge in [0.05, 0.1) is 4.90 Å². The van der Waals surface area contributed by atoms with Crippen LogP contribution in [0.1, 0.15) is 28.8 Å². The van der Waals surface area contributed by atoms with Gasteiger partial charge in [0.1, 0.15) is 0 Å². The van der Waals surface area contributed by atoms with Gasteiger partial charge in [-0.1, -0.05) is 6.07 Å². The summed E-state index contributed by atoms with van der Waals surface area (Å²) in [5, 5.41) is 5.99. The van der Waals surface area contributed by atoms with E-state index in [1.807, 2.05) is 0 Å². The molecule has 0 atom stereocenters. The second-order valence-electron chi connectivity index (χ2n) is 5.83. The smallest absolute Gasteiger partial charge is 0.251 e. The molecule has 2 aliphatic heterocycles. The molecule has 0 bridgehead atoms. The molecule has 23 heavy (non-hydrogen) atoms. The van der Waals surface area contributed by atoms with Gasteiger partial charge in [-0.25, -0.2) is 8.42 Å². The predicted molar refractivity (Wildman–Crippen MR) is 90.6 cm³/mol. The Hall–Kier alpha value is -1.15. The normalized spacial score (nSPS) is 19.0. The van der Waals surface area contributed by atoms with Gasteiger partial charge in [0, 0.05) is 25.2 Å². The molecule has 128 valence electrons. The molecule has 1 aromatic carbocycles. The highest BCUT2D eigenvalue weighted by molar-refractivity contribution is 7.89. The third-order valence-corrected chi connectivity index (χ3v) is 6.41. The van der Waals surface area contributed by atoms with Gasteiger partial charge in [0.25, 0.3) is 5.91 Å². The van der Waals surface area contributed by atoms with E-state index in [0.29, 0.717) is 12.1 Å². The van der Waals surface area contributed by atoms with E-state index in [4.69, 9.17) is 0 Å². The summed E-state index contributed by atoms with van der Waals surface area (Å²) in [5.74, 6) is -0.192. The standard InChI is InChI=1S/C15H21N3O3S.ClH/c1-18(12-5-7-16-8-6-12)22(20,21)13-3-2-11-4-9-17-15(19)14(11)10-13;/h2-3,10,12,16H,4-9H2,1H3,(H,17,19);1H. The Balaban J connectivity index is 0.00000192. The van der Waals surface area contributed by atoms with Crippen LogP contribution in [0.2, 0.25) is 0 Å². The van der Waals surface area contributed by atoms with Crippen molar-refractivity contribution in [2.75, 3.05) is 26.7 Å². The summed E-state index contributed by atoms with van der Waals surface area (Å²) >= 11 is 0. The van der Waals surface area contributed by atoms with Crippen molar-refractivity contribution in [2.45, 2.75) is 30.2 Å². The molecule has 0 radical (unpaired) electrons. The number of fused-ring (bicyclic) bond motifs is 1. The lowest BCUT2D eigenvalue weighted by Crippen LogP contribution is -2.44. The van der Waals surface area contributed by atoms with Gasteiger partial charge < -0.3 is 10.6 Å². The van der Waals surface area contributed by atoms with Gasteiger partial charge >= 0.3 is 0 Å². The van der Waals surface area contributed by atoms with Crippen LogP contribution in [-0.2, 0) is 16.4 Å². The van der Waals surface area contributed by atoms with E-state index in [1.165, 1.54) is 10.4 Å². The van der Waals surface area contributed by atoms with Crippen molar-refractivity contribution in [2.24, 2.45) is 0 Å². The first-order valence-corrected chi connectivity index (χ1v) is 9.04. The minimum atomic E-state index is -3.57. The maximum atomic E-state index is 12.8. The van der Waals surface area contributed by atoms with Gasteiger partial charge in [-0.2, -0.15) is 4.31 Å². The average Bonchev–Trinajstić information content (AvgIpc) is 2.55. The van der Waals surface area contributed by atoms with E-state index in [-0.39, 0.29) is 29.3 Å². The number of benzene rings is 1. The lowest BCUT2D eigenvalue weighted by atomic mass is 10.0. The van der Waals surface area contributed by atoms with Crippen molar-refractivity contribution in [3.63, 3.8) is 0 Å². The Morgan fingerprint density at radius 1 is 1.17 bits per heavy atom. The third-order valence-electron chi connectivity index (χ3n) is 4.51. The van der Waals surface area contributed by atoms with Crippen LogP contribution in [0.3, 0.4) is 0 Å². The van der Waals surface area contributed by atoms with Crippen molar-refractivity contribution in [1.82, 2.24) is 14.9 Å². The number of sulfonamides is 1. The molecule has 1 aromatic rings. The molecular formula is C15H22ClN3O3S. The van der Waals surface area contributed by atoms with Crippen LogP contribution in [0.5, 0.6) is 0 Å². The minimum absolute atomic E-state index is 0. The maximum absolute atomic E-state index is 12.8. The van der Waals surface area contributed by atoms with E-state index >= 15 is 0 Å². The zero-order valence-corrected chi connectivity index (χ0v) is 14.7. The fourth-order valence-corrected chi connectivity index (χ4v) is 4.53. The number of nitrogens with one attached hydrogen (secondary N) is 2. The summed E-state index contributed by atoms with van der Waals surface area (Å²) in [6, 6.07) is 4.90. The zero-order valence-electron chi connectivity index (χ0n) is 13.0. The molecule has 2 aliphatic rings. The summed E-state index contributed by atoms with van der Waals surface area (Å²) in [6.07, 6.45) is 2.36. The maximum Gasteiger partial charge on any atom is 0.251 e. The molecule has 8 heteroatoms. The Bertz CT molecular complexity index is 687. The molecule has 0 unspecified atom stereocenters. The van der Waals surface area contributed by atoms with Gasteiger partial charge in [-0.05, 0) is 50.0 Å². The molecule has 2 N–H and O–H groups in total. The molecule has 0 aromatic heterocycles. The number of hydrogen-bond acceptors (Lipinski definition) is 4. The first kappa shape index (κ1) is 18.2. The molecular weight excluding hydrogens is 338 g/mol. The Labute approximate surface area is 143 Å². The summed E-state index contributed by atoms with van der Waals surface area (Å²) in [6.45, 7) is 2.27. The first-order valence-electron chi connectivity index (χ1n) is 7.60.